The maximum Gasteiger partial charge on any atom is 0.329 e. The molecule has 0 bridgehead atoms. The molecular formula is C19H29NO4. The van der Waals surface area contributed by atoms with Crippen LogP contribution in [0, 0.1) is 23.7 Å². The van der Waals surface area contributed by atoms with Crippen LogP contribution in [0.1, 0.15) is 47.0 Å². The molecule has 0 radical (unpaired) electrons. The highest BCUT2D eigenvalue weighted by Gasteiger charge is 2.48. The van der Waals surface area contributed by atoms with Crippen LogP contribution in [0.3, 0.4) is 0 Å². The highest BCUT2D eigenvalue weighted by molar-refractivity contribution is 5.83. The van der Waals surface area contributed by atoms with Gasteiger partial charge in [0.1, 0.15) is 5.54 Å². The lowest BCUT2D eigenvalue weighted by molar-refractivity contribution is -0.145. The summed E-state index contributed by atoms with van der Waals surface area (Å²) in [6.45, 7) is 8.22. The summed E-state index contributed by atoms with van der Waals surface area (Å²) in [5.74, 6) is -0.126. The summed E-state index contributed by atoms with van der Waals surface area (Å²) < 4.78 is 0. The van der Waals surface area contributed by atoms with Crippen molar-refractivity contribution in [3.8, 4) is 11.5 Å². The van der Waals surface area contributed by atoms with Gasteiger partial charge < -0.3 is 20.6 Å². The van der Waals surface area contributed by atoms with Gasteiger partial charge in [-0.3, -0.25) is 0 Å². The Morgan fingerprint density at radius 1 is 1.25 bits per heavy atom. The molecule has 1 aliphatic rings. The number of benzene rings is 1. The Bertz CT molecular complexity index is 601. The molecule has 1 aromatic carbocycles. The highest BCUT2D eigenvalue weighted by Crippen LogP contribution is 2.45. The number of phenolic OH excluding ortho intramolecular Hbond substituents is 2. The number of hydrogen-bond acceptors (Lipinski definition) is 4. The molecule has 4 N–H and O–H groups in total. The largest absolute Gasteiger partial charge is 0.504 e. The molecule has 0 aromatic heterocycles. The first-order chi connectivity index (χ1) is 11.1. The molecule has 3 unspecified atom stereocenters. The van der Waals surface area contributed by atoms with E-state index in [4.69, 9.17) is 0 Å². The van der Waals surface area contributed by atoms with Crippen molar-refractivity contribution in [1.29, 1.82) is 0 Å². The lowest BCUT2D eigenvalue weighted by Gasteiger charge is -2.46. The van der Waals surface area contributed by atoms with Gasteiger partial charge in [-0.1, -0.05) is 27.2 Å². The first kappa shape index (κ1) is 18.4. The zero-order valence-electron chi connectivity index (χ0n) is 14.9. The van der Waals surface area contributed by atoms with E-state index in [9.17, 15) is 20.1 Å². The molecule has 0 spiro atoms. The minimum Gasteiger partial charge on any atom is -0.504 e. The standard InChI is InChI=1S/C19H29NO4/c1-11(2)14-7-5-12(3)9-15(14)19(4,18(23)24)20-13-6-8-16(21)17(22)10-13/h6,8,10-12,14-15,20-22H,5,7,9H2,1-4H3,(H,23,24)/t12?,14?,15?,19-/m1/s1. The van der Waals surface area contributed by atoms with E-state index < -0.39 is 11.5 Å². The van der Waals surface area contributed by atoms with Crippen molar-refractivity contribution in [3.63, 3.8) is 0 Å². The van der Waals surface area contributed by atoms with Crippen LogP contribution in [0.5, 0.6) is 11.5 Å². The Morgan fingerprint density at radius 3 is 2.46 bits per heavy atom. The second-order valence-corrected chi connectivity index (χ2v) is 7.77. The Labute approximate surface area is 143 Å². The van der Waals surface area contributed by atoms with Crippen molar-refractivity contribution in [2.24, 2.45) is 23.7 Å². The summed E-state index contributed by atoms with van der Waals surface area (Å²) in [6, 6.07) is 4.32. The number of carbonyl (C=O) groups is 1. The zero-order valence-corrected chi connectivity index (χ0v) is 14.9. The molecule has 1 aromatic rings. The van der Waals surface area contributed by atoms with Gasteiger partial charge >= 0.3 is 5.97 Å². The predicted molar refractivity (Wildman–Crippen MR) is 94.3 cm³/mol. The number of carboxylic acids is 1. The molecule has 4 atom stereocenters. The minimum atomic E-state index is -1.13. The van der Waals surface area contributed by atoms with Crippen LogP contribution in [0.25, 0.3) is 0 Å². The molecule has 0 heterocycles. The van der Waals surface area contributed by atoms with E-state index in [-0.39, 0.29) is 17.4 Å². The summed E-state index contributed by atoms with van der Waals surface area (Å²) in [7, 11) is 0. The molecule has 0 saturated heterocycles. The predicted octanol–water partition coefficient (Wildman–Crippen LogP) is 4.06. The average molecular weight is 335 g/mol. The molecule has 5 nitrogen and oxygen atoms in total. The van der Waals surface area contributed by atoms with E-state index in [0.29, 0.717) is 23.4 Å². The summed E-state index contributed by atoms with van der Waals surface area (Å²) in [6.07, 6.45) is 3.03. The summed E-state index contributed by atoms with van der Waals surface area (Å²) >= 11 is 0. The van der Waals surface area contributed by atoms with Gasteiger partial charge in [-0.25, -0.2) is 4.79 Å². The Hall–Kier alpha value is -1.91. The quantitative estimate of drug-likeness (QED) is 0.481. The molecule has 1 saturated carbocycles. The third-order valence-electron chi connectivity index (χ3n) is 5.59. The van der Waals surface area contributed by atoms with Crippen LogP contribution in [-0.2, 0) is 4.79 Å². The van der Waals surface area contributed by atoms with E-state index in [1.807, 2.05) is 0 Å². The molecule has 1 fully saturated rings. The maximum atomic E-state index is 12.2. The van der Waals surface area contributed by atoms with E-state index >= 15 is 0 Å². The summed E-state index contributed by atoms with van der Waals surface area (Å²) in [4.78, 5) is 12.2. The lowest BCUT2D eigenvalue weighted by Crippen LogP contribution is -2.54. The topological polar surface area (TPSA) is 89.8 Å². The van der Waals surface area contributed by atoms with Crippen molar-refractivity contribution >= 4 is 11.7 Å². The van der Waals surface area contributed by atoms with Gasteiger partial charge in [0.05, 0.1) is 0 Å². The van der Waals surface area contributed by atoms with E-state index in [2.05, 4.69) is 26.1 Å². The van der Waals surface area contributed by atoms with Gasteiger partial charge in [0.15, 0.2) is 11.5 Å². The number of aromatic hydroxyl groups is 2. The van der Waals surface area contributed by atoms with E-state index in [0.717, 1.165) is 19.3 Å². The molecule has 0 aliphatic heterocycles. The molecular weight excluding hydrogens is 306 g/mol. The maximum absolute atomic E-state index is 12.2. The number of hydrogen-bond donors (Lipinski definition) is 4. The average Bonchev–Trinajstić information content (AvgIpc) is 2.50. The van der Waals surface area contributed by atoms with E-state index in [1.165, 1.54) is 12.1 Å². The fourth-order valence-electron chi connectivity index (χ4n) is 4.07. The van der Waals surface area contributed by atoms with Crippen molar-refractivity contribution in [1.82, 2.24) is 0 Å². The number of nitrogens with one attached hydrogen (secondary N) is 1. The summed E-state index contributed by atoms with van der Waals surface area (Å²) in [5, 5.41) is 32.3. The third-order valence-corrected chi connectivity index (χ3v) is 5.59. The number of anilines is 1. The Kier molecular flexibility index (Phi) is 5.31. The second kappa shape index (κ2) is 6.91. The van der Waals surface area contributed by atoms with Crippen LogP contribution >= 0.6 is 0 Å². The van der Waals surface area contributed by atoms with Gasteiger partial charge in [-0.15, -0.1) is 0 Å². The summed E-state index contributed by atoms with van der Waals surface area (Å²) in [5.41, 5.74) is -0.636. The monoisotopic (exact) mass is 335 g/mol. The first-order valence-corrected chi connectivity index (χ1v) is 8.68. The van der Waals surface area contributed by atoms with Gasteiger partial charge in [0.2, 0.25) is 0 Å². The highest BCUT2D eigenvalue weighted by atomic mass is 16.4. The van der Waals surface area contributed by atoms with Crippen molar-refractivity contribution in [2.75, 3.05) is 5.32 Å². The van der Waals surface area contributed by atoms with Gasteiger partial charge in [0.25, 0.3) is 0 Å². The number of phenols is 2. The fraction of sp³-hybridized carbons (Fsp3) is 0.632. The van der Waals surface area contributed by atoms with Crippen molar-refractivity contribution in [3.05, 3.63) is 18.2 Å². The normalized spacial score (nSPS) is 26.8. The SMILES string of the molecule is CC1CCC(C(C)C)C([C@@](C)(Nc2ccc(O)c(O)c2)C(=O)O)C1. The third kappa shape index (κ3) is 3.60. The van der Waals surface area contributed by atoms with Gasteiger partial charge in [0, 0.05) is 11.8 Å². The van der Waals surface area contributed by atoms with Crippen LogP contribution in [0.15, 0.2) is 18.2 Å². The van der Waals surface area contributed by atoms with Gasteiger partial charge in [-0.05, 0) is 55.6 Å². The molecule has 1 aliphatic carbocycles. The lowest BCUT2D eigenvalue weighted by atomic mass is 9.63. The van der Waals surface area contributed by atoms with Crippen LogP contribution in [0.2, 0.25) is 0 Å². The second-order valence-electron chi connectivity index (χ2n) is 7.77. The number of carboxylic acid groups (broad SMARTS) is 1. The van der Waals surface area contributed by atoms with Crippen molar-refractivity contribution < 1.29 is 20.1 Å². The van der Waals surface area contributed by atoms with Crippen LogP contribution in [-0.4, -0.2) is 26.8 Å². The van der Waals surface area contributed by atoms with Crippen LogP contribution < -0.4 is 5.32 Å². The molecule has 24 heavy (non-hydrogen) atoms. The molecule has 134 valence electrons. The molecule has 2 rings (SSSR count). The minimum absolute atomic E-state index is 0.00491. The Balaban J connectivity index is 2.37. The fourth-order valence-corrected chi connectivity index (χ4v) is 4.07. The van der Waals surface area contributed by atoms with Gasteiger partial charge in [-0.2, -0.15) is 0 Å². The number of aliphatic carboxylic acids is 1. The van der Waals surface area contributed by atoms with E-state index in [1.54, 1.807) is 13.0 Å². The molecule has 5 heteroatoms. The Morgan fingerprint density at radius 2 is 1.92 bits per heavy atom. The zero-order chi connectivity index (χ0) is 18.1. The molecule has 0 amide bonds. The number of rotatable bonds is 5. The first-order valence-electron chi connectivity index (χ1n) is 8.68. The smallest absolute Gasteiger partial charge is 0.329 e. The van der Waals surface area contributed by atoms with Crippen LogP contribution in [0.4, 0.5) is 5.69 Å². The van der Waals surface area contributed by atoms with Crippen molar-refractivity contribution in [2.45, 2.75) is 52.5 Å².